The van der Waals surface area contributed by atoms with Crippen LogP contribution in [0.4, 0.5) is 5.13 Å². The van der Waals surface area contributed by atoms with E-state index in [0.717, 1.165) is 35.2 Å². The maximum atomic E-state index is 13.3. The third-order valence-corrected chi connectivity index (χ3v) is 6.05. The van der Waals surface area contributed by atoms with E-state index in [9.17, 15) is 4.79 Å². The van der Waals surface area contributed by atoms with Gasteiger partial charge in [0.2, 0.25) is 0 Å². The molecular weight excluding hydrogens is 364 g/mol. The molecule has 1 saturated heterocycles. The van der Waals surface area contributed by atoms with Crippen LogP contribution in [0.15, 0.2) is 24.4 Å². The van der Waals surface area contributed by atoms with Gasteiger partial charge < -0.3 is 9.47 Å². The summed E-state index contributed by atoms with van der Waals surface area (Å²) in [5.74, 6) is 0.587. The van der Waals surface area contributed by atoms with Crippen LogP contribution in [0, 0.1) is 6.92 Å². The number of anilines is 1. The minimum atomic E-state index is -0.124. The van der Waals surface area contributed by atoms with Gasteiger partial charge in [0.05, 0.1) is 24.5 Å². The fraction of sp³-hybridized carbons (Fsp3) is 0.421. The summed E-state index contributed by atoms with van der Waals surface area (Å²) in [6, 6.07) is 5.65. The Morgan fingerprint density at radius 1 is 1.44 bits per heavy atom. The second kappa shape index (κ2) is 7.28. The van der Waals surface area contributed by atoms with E-state index in [-0.39, 0.29) is 12.0 Å². The highest BCUT2D eigenvalue weighted by atomic mass is 32.1. The number of thiazole rings is 1. The first-order valence-corrected chi connectivity index (χ1v) is 9.75. The van der Waals surface area contributed by atoms with E-state index < -0.39 is 0 Å². The van der Waals surface area contributed by atoms with Gasteiger partial charge in [-0.1, -0.05) is 17.4 Å². The molecule has 3 aromatic rings. The van der Waals surface area contributed by atoms with Crippen molar-refractivity contribution in [1.82, 2.24) is 14.8 Å². The number of nitrogens with zero attached hydrogens (tertiary/aromatic N) is 4. The zero-order valence-corrected chi connectivity index (χ0v) is 16.5. The molecule has 1 aliphatic heterocycles. The molecule has 1 aliphatic rings. The fourth-order valence-electron chi connectivity index (χ4n) is 3.34. The summed E-state index contributed by atoms with van der Waals surface area (Å²) in [4.78, 5) is 19.8. The predicted molar refractivity (Wildman–Crippen MR) is 105 cm³/mol. The molecular formula is C19H22N4O3S. The van der Waals surface area contributed by atoms with Gasteiger partial charge in [-0.2, -0.15) is 5.10 Å². The normalized spacial score (nSPS) is 16.8. The molecule has 3 heterocycles. The second-order valence-corrected chi connectivity index (χ2v) is 7.63. The molecule has 1 fully saturated rings. The Labute approximate surface area is 161 Å². The van der Waals surface area contributed by atoms with Gasteiger partial charge in [-0.05, 0) is 37.5 Å². The van der Waals surface area contributed by atoms with Gasteiger partial charge in [0.25, 0.3) is 5.91 Å². The quantitative estimate of drug-likeness (QED) is 0.674. The lowest BCUT2D eigenvalue weighted by molar-refractivity contribution is 0.0909. The highest BCUT2D eigenvalue weighted by Crippen LogP contribution is 2.37. The molecule has 27 heavy (non-hydrogen) atoms. The third-order valence-electron chi connectivity index (χ3n) is 4.84. The van der Waals surface area contributed by atoms with Crippen LogP contribution in [0.1, 0.15) is 28.9 Å². The van der Waals surface area contributed by atoms with Gasteiger partial charge in [-0.3, -0.25) is 14.4 Å². The van der Waals surface area contributed by atoms with Crippen LogP contribution in [0.2, 0.25) is 0 Å². The maximum Gasteiger partial charge on any atom is 0.278 e. The van der Waals surface area contributed by atoms with E-state index in [0.29, 0.717) is 23.1 Å². The van der Waals surface area contributed by atoms with Gasteiger partial charge in [0.1, 0.15) is 17.0 Å². The molecule has 1 aromatic carbocycles. The van der Waals surface area contributed by atoms with Gasteiger partial charge in [-0.15, -0.1) is 0 Å². The summed E-state index contributed by atoms with van der Waals surface area (Å²) >= 11 is 1.51. The molecule has 0 bridgehead atoms. The van der Waals surface area contributed by atoms with Crippen molar-refractivity contribution in [2.75, 3.05) is 25.2 Å². The third kappa shape index (κ3) is 3.30. The number of aromatic nitrogens is 3. The number of ether oxygens (including phenoxy) is 2. The summed E-state index contributed by atoms with van der Waals surface area (Å²) < 4.78 is 13.9. The van der Waals surface area contributed by atoms with E-state index in [2.05, 4.69) is 5.10 Å². The molecule has 4 rings (SSSR count). The topological polar surface area (TPSA) is 69.5 Å². The van der Waals surface area contributed by atoms with E-state index in [1.54, 1.807) is 36.0 Å². The average Bonchev–Trinajstić information content (AvgIpc) is 3.40. The standard InChI is InChI=1S/C19H22N4O3S/c1-12-6-7-15(25-3)16-17(12)27-19(21-16)23(11-13-5-4-10-26-13)18(24)14-8-9-20-22(14)2/h6-9,13H,4-5,10-11H2,1-3H3. The smallest absolute Gasteiger partial charge is 0.278 e. The number of fused-ring (bicyclic) bond motifs is 1. The van der Waals surface area contributed by atoms with E-state index in [1.807, 2.05) is 19.1 Å². The SMILES string of the molecule is COc1ccc(C)c2sc(N(CC3CCCO3)C(=O)c3ccnn3C)nc12. The van der Waals surface area contributed by atoms with Crippen molar-refractivity contribution in [3.05, 3.63) is 35.7 Å². The number of hydrogen-bond acceptors (Lipinski definition) is 6. The summed E-state index contributed by atoms with van der Waals surface area (Å²) in [5.41, 5.74) is 2.42. The maximum absolute atomic E-state index is 13.3. The first-order valence-electron chi connectivity index (χ1n) is 8.94. The lowest BCUT2D eigenvalue weighted by Gasteiger charge is -2.23. The van der Waals surface area contributed by atoms with Crippen LogP contribution >= 0.6 is 11.3 Å². The highest BCUT2D eigenvalue weighted by molar-refractivity contribution is 7.22. The number of hydrogen-bond donors (Lipinski definition) is 0. The Hall–Kier alpha value is -2.45. The first-order chi connectivity index (χ1) is 13.1. The van der Waals surface area contributed by atoms with Crippen molar-refractivity contribution in [2.24, 2.45) is 7.05 Å². The zero-order valence-electron chi connectivity index (χ0n) is 15.6. The first kappa shape index (κ1) is 17.9. The van der Waals surface area contributed by atoms with Crippen molar-refractivity contribution in [1.29, 1.82) is 0 Å². The molecule has 1 amide bonds. The van der Waals surface area contributed by atoms with Crippen molar-refractivity contribution in [3.8, 4) is 5.75 Å². The van der Waals surface area contributed by atoms with E-state index in [1.165, 1.54) is 11.3 Å². The summed E-state index contributed by atoms with van der Waals surface area (Å²) in [5, 5.41) is 4.78. The Morgan fingerprint density at radius 2 is 2.30 bits per heavy atom. The molecule has 2 aromatic heterocycles. The highest BCUT2D eigenvalue weighted by Gasteiger charge is 2.29. The number of carbonyl (C=O) groups excluding carboxylic acids is 1. The molecule has 0 spiro atoms. The second-order valence-electron chi connectivity index (χ2n) is 6.65. The van der Waals surface area contributed by atoms with Gasteiger partial charge in [-0.25, -0.2) is 4.98 Å². The molecule has 0 saturated carbocycles. The predicted octanol–water partition coefficient (Wildman–Crippen LogP) is 3.17. The summed E-state index contributed by atoms with van der Waals surface area (Å²) in [7, 11) is 3.40. The van der Waals surface area contributed by atoms with Gasteiger partial charge in [0.15, 0.2) is 5.13 Å². The fourth-order valence-corrected chi connectivity index (χ4v) is 4.40. The van der Waals surface area contributed by atoms with Crippen LogP contribution in [0.5, 0.6) is 5.75 Å². The van der Waals surface area contributed by atoms with Crippen LogP contribution in [-0.4, -0.2) is 47.0 Å². The summed E-state index contributed by atoms with van der Waals surface area (Å²) in [6.07, 6.45) is 3.62. The molecule has 0 radical (unpaired) electrons. The van der Waals surface area contributed by atoms with Crippen LogP contribution in [-0.2, 0) is 11.8 Å². The minimum absolute atomic E-state index is 0.0252. The number of benzene rings is 1. The largest absolute Gasteiger partial charge is 0.494 e. The molecule has 1 atom stereocenters. The van der Waals surface area contributed by atoms with Crippen LogP contribution < -0.4 is 9.64 Å². The number of amides is 1. The average molecular weight is 386 g/mol. The van der Waals surface area contributed by atoms with Crippen molar-refractivity contribution < 1.29 is 14.3 Å². The molecule has 1 unspecified atom stereocenters. The van der Waals surface area contributed by atoms with Crippen LogP contribution in [0.3, 0.4) is 0 Å². The molecule has 0 aliphatic carbocycles. The monoisotopic (exact) mass is 386 g/mol. The molecule has 142 valence electrons. The van der Waals surface area contributed by atoms with Crippen molar-refractivity contribution in [3.63, 3.8) is 0 Å². The van der Waals surface area contributed by atoms with Gasteiger partial charge in [0, 0.05) is 19.9 Å². The number of rotatable bonds is 5. The van der Waals surface area contributed by atoms with E-state index >= 15 is 0 Å². The number of methoxy groups -OCH3 is 1. The molecule has 8 heteroatoms. The number of carbonyl (C=O) groups is 1. The summed E-state index contributed by atoms with van der Waals surface area (Å²) in [6.45, 7) is 3.26. The van der Waals surface area contributed by atoms with Crippen LogP contribution in [0.25, 0.3) is 10.2 Å². The molecule has 7 nitrogen and oxygen atoms in total. The Balaban J connectivity index is 1.78. The Morgan fingerprint density at radius 3 is 2.96 bits per heavy atom. The Kier molecular flexibility index (Phi) is 4.84. The molecule has 0 N–H and O–H groups in total. The van der Waals surface area contributed by atoms with E-state index in [4.69, 9.17) is 14.5 Å². The lowest BCUT2D eigenvalue weighted by atomic mass is 10.2. The minimum Gasteiger partial charge on any atom is -0.494 e. The van der Waals surface area contributed by atoms with Crippen molar-refractivity contribution >= 4 is 32.6 Å². The number of aryl methyl sites for hydroxylation is 2. The lowest BCUT2D eigenvalue weighted by Crippen LogP contribution is -2.38. The Bertz CT molecular complexity index is 975. The zero-order chi connectivity index (χ0) is 19.0. The van der Waals surface area contributed by atoms with Crippen molar-refractivity contribution in [2.45, 2.75) is 25.9 Å². The van der Waals surface area contributed by atoms with Gasteiger partial charge >= 0.3 is 0 Å².